The van der Waals surface area contributed by atoms with Crippen LogP contribution in [0.2, 0.25) is 0 Å². The minimum Gasteiger partial charge on any atom is -0.490 e. The molecule has 0 heterocycles. The highest BCUT2D eigenvalue weighted by molar-refractivity contribution is 7.84. The fraction of sp³-hybridized carbons (Fsp3) is 0.667. The van der Waals surface area contributed by atoms with E-state index in [1.165, 1.54) is 12.1 Å². The van der Waals surface area contributed by atoms with Gasteiger partial charge in [0.05, 0.1) is 15.7 Å². The van der Waals surface area contributed by atoms with Crippen molar-refractivity contribution >= 4 is 17.1 Å². The second kappa shape index (κ2) is 9.00. The van der Waals surface area contributed by atoms with Crippen molar-refractivity contribution in [3.05, 3.63) is 29.6 Å². The van der Waals surface area contributed by atoms with Crippen molar-refractivity contribution in [2.75, 3.05) is 0 Å². The molecule has 0 bridgehead atoms. The van der Waals surface area contributed by atoms with Crippen LogP contribution in [0.25, 0.3) is 0 Å². The first-order chi connectivity index (χ1) is 13.2. The zero-order chi connectivity index (χ0) is 22.0. The van der Waals surface area contributed by atoms with Gasteiger partial charge in [-0.05, 0) is 66.7 Å². The molecule has 29 heavy (non-hydrogen) atoms. The van der Waals surface area contributed by atoms with E-state index in [2.05, 4.69) is 10.0 Å². The van der Waals surface area contributed by atoms with E-state index in [-0.39, 0.29) is 24.0 Å². The normalized spacial score (nSPS) is 21.7. The molecule has 2 atom stereocenters. The predicted molar refractivity (Wildman–Crippen MR) is 113 cm³/mol. The summed E-state index contributed by atoms with van der Waals surface area (Å²) in [6.07, 6.45) is 0.766. The van der Waals surface area contributed by atoms with Crippen LogP contribution in [-0.4, -0.2) is 32.8 Å². The van der Waals surface area contributed by atoms with Crippen LogP contribution in [-0.2, 0) is 15.7 Å². The van der Waals surface area contributed by atoms with Gasteiger partial charge in [-0.15, -0.1) is 0 Å². The van der Waals surface area contributed by atoms with E-state index in [4.69, 9.17) is 9.47 Å². The van der Waals surface area contributed by atoms with Crippen LogP contribution in [0.4, 0.5) is 9.18 Å². The molecule has 0 saturated heterocycles. The predicted octanol–water partition coefficient (Wildman–Crippen LogP) is 4.37. The van der Waals surface area contributed by atoms with Crippen LogP contribution in [0.3, 0.4) is 0 Å². The summed E-state index contributed by atoms with van der Waals surface area (Å²) in [6.45, 7) is 12.9. The van der Waals surface area contributed by atoms with Crippen LogP contribution in [0.15, 0.2) is 18.2 Å². The molecule has 2 rings (SSSR count). The first-order valence-corrected chi connectivity index (χ1v) is 11.0. The summed E-state index contributed by atoms with van der Waals surface area (Å²) < 4.78 is 40.1. The third-order valence-electron chi connectivity index (χ3n) is 4.39. The minimum absolute atomic E-state index is 0.0114. The van der Waals surface area contributed by atoms with E-state index in [9.17, 15) is 13.4 Å². The number of hydrogen-bond donors (Lipinski definition) is 2. The Labute approximate surface area is 175 Å². The van der Waals surface area contributed by atoms with Crippen molar-refractivity contribution in [1.82, 2.24) is 10.0 Å². The molecular weight excluding hydrogens is 395 g/mol. The Morgan fingerprint density at radius 3 is 2.38 bits per heavy atom. The highest BCUT2D eigenvalue weighted by Gasteiger charge is 2.34. The highest BCUT2D eigenvalue weighted by atomic mass is 32.2. The average Bonchev–Trinajstić information content (AvgIpc) is 2.51. The number of ether oxygens (including phenoxy) is 2. The van der Waals surface area contributed by atoms with Gasteiger partial charge in [0.15, 0.2) is 0 Å². The quantitative estimate of drug-likeness (QED) is 0.705. The van der Waals surface area contributed by atoms with E-state index in [1.807, 2.05) is 48.5 Å². The maximum absolute atomic E-state index is 13.8. The van der Waals surface area contributed by atoms with Gasteiger partial charge in [0, 0.05) is 30.5 Å². The summed E-state index contributed by atoms with van der Waals surface area (Å²) in [5, 5.41) is 2.82. The molecule has 1 fully saturated rings. The van der Waals surface area contributed by atoms with Gasteiger partial charge in [-0.2, -0.15) is 0 Å². The van der Waals surface area contributed by atoms with Gasteiger partial charge in [0.1, 0.15) is 23.3 Å². The highest BCUT2D eigenvalue weighted by Crippen LogP contribution is 2.32. The van der Waals surface area contributed by atoms with E-state index >= 15 is 0 Å². The third kappa shape index (κ3) is 7.26. The summed E-state index contributed by atoms with van der Waals surface area (Å²) in [7, 11) is -1.29. The smallest absolute Gasteiger partial charge is 0.407 e. The van der Waals surface area contributed by atoms with E-state index < -0.39 is 27.4 Å². The summed E-state index contributed by atoms with van der Waals surface area (Å²) in [4.78, 5) is 11.8. The molecule has 164 valence electrons. The maximum atomic E-state index is 13.8. The summed E-state index contributed by atoms with van der Waals surface area (Å²) >= 11 is 0. The number of benzene rings is 1. The molecule has 0 spiro atoms. The van der Waals surface area contributed by atoms with Crippen LogP contribution in [0, 0.1) is 5.82 Å². The first kappa shape index (κ1) is 23.6. The second-order valence-electron chi connectivity index (χ2n) is 9.46. The largest absolute Gasteiger partial charge is 0.490 e. The number of halogens is 1. The Morgan fingerprint density at radius 1 is 1.21 bits per heavy atom. The van der Waals surface area contributed by atoms with E-state index in [0.29, 0.717) is 24.2 Å². The van der Waals surface area contributed by atoms with Crippen molar-refractivity contribution in [2.45, 2.75) is 89.8 Å². The summed E-state index contributed by atoms with van der Waals surface area (Å²) in [5.41, 5.74) is 0.0781. The fourth-order valence-corrected chi connectivity index (χ4v) is 3.60. The molecule has 1 unspecified atom stereocenters. The molecule has 6 nitrogen and oxygen atoms in total. The molecule has 1 saturated carbocycles. The first-order valence-electron chi connectivity index (χ1n) is 9.88. The summed E-state index contributed by atoms with van der Waals surface area (Å²) in [5.74, 6) is 0.179. The molecule has 2 N–H and O–H groups in total. The fourth-order valence-electron chi connectivity index (χ4n) is 2.80. The average molecular weight is 429 g/mol. The Balaban J connectivity index is 1.95. The molecule has 8 heteroatoms. The number of hydrogen-bond acceptors (Lipinski definition) is 4. The molecule has 0 aromatic heterocycles. The molecule has 1 aliphatic carbocycles. The van der Waals surface area contributed by atoms with Gasteiger partial charge < -0.3 is 14.8 Å². The Kier molecular flexibility index (Phi) is 7.32. The SMILES string of the molecule is C[C@@H](NS(=O)C(C)(C)C)c1cc(F)ccc1OC1CC(NC(=O)OC(C)(C)C)C1. The molecule has 1 aliphatic rings. The topological polar surface area (TPSA) is 76.7 Å². The van der Waals surface area contributed by atoms with Crippen molar-refractivity contribution in [3.63, 3.8) is 0 Å². The molecule has 1 aromatic carbocycles. The van der Waals surface area contributed by atoms with Gasteiger partial charge in [-0.3, -0.25) is 0 Å². The number of carbonyl (C=O) groups excluding carboxylic acids is 1. The van der Waals surface area contributed by atoms with Crippen molar-refractivity contribution < 1.29 is 22.9 Å². The van der Waals surface area contributed by atoms with Gasteiger partial charge in [0.2, 0.25) is 0 Å². The molecule has 1 aromatic rings. The lowest BCUT2D eigenvalue weighted by Gasteiger charge is -2.36. The van der Waals surface area contributed by atoms with Gasteiger partial charge in [0.25, 0.3) is 0 Å². The van der Waals surface area contributed by atoms with Crippen molar-refractivity contribution in [3.8, 4) is 5.75 Å². The number of nitrogens with one attached hydrogen (secondary N) is 2. The summed E-state index contributed by atoms with van der Waals surface area (Å²) in [6, 6.07) is 3.99. The standard InChI is InChI=1S/C21H33FN2O4S/c1-13(24-29(26)21(5,6)7)17-10-14(22)8-9-18(17)27-16-11-15(12-16)23-19(25)28-20(2,3)4/h8-10,13,15-16,24H,11-12H2,1-7H3,(H,23,25)/t13-,15?,16?,29?/m1/s1. The molecule has 1 amide bonds. The Bertz CT molecular complexity index is 752. The van der Waals surface area contributed by atoms with Crippen LogP contribution >= 0.6 is 0 Å². The molecule has 0 radical (unpaired) electrons. The molecular formula is C21H33FN2O4S. The Morgan fingerprint density at radius 2 is 1.83 bits per heavy atom. The van der Waals surface area contributed by atoms with Crippen molar-refractivity contribution in [2.24, 2.45) is 0 Å². The zero-order valence-electron chi connectivity index (χ0n) is 18.3. The van der Waals surface area contributed by atoms with Crippen LogP contribution < -0.4 is 14.8 Å². The van der Waals surface area contributed by atoms with Crippen molar-refractivity contribution in [1.29, 1.82) is 0 Å². The number of alkyl carbamates (subject to hydrolysis) is 1. The van der Waals surface area contributed by atoms with E-state index in [1.54, 1.807) is 6.07 Å². The van der Waals surface area contributed by atoms with Gasteiger partial charge in [-0.1, -0.05) is 0 Å². The zero-order valence-corrected chi connectivity index (χ0v) is 19.1. The lowest BCUT2D eigenvalue weighted by molar-refractivity contribution is 0.0360. The van der Waals surface area contributed by atoms with Gasteiger partial charge >= 0.3 is 6.09 Å². The third-order valence-corrected chi connectivity index (χ3v) is 6.07. The monoisotopic (exact) mass is 428 g/mol. The van der Waals surface area contributed by atoms with Crippen LogP contribution in [0.1, 0.15) is 72.9 Å². The van der Waals surface area contributed by atoms with Crippen LogP contribution in [0.5, 0.6) is 5.75 Å². The molecule has 0 aliphatic heterocycles. The number of rotatable bonds is 6. The van der Waals surface area contributed by atoms with E-state index in [0.717, 1.165) is 0 Å². The second-order valence-corrected chi connectivity index (χ2v) is 11.5. The lowest BCUT2D eigenvalue weighted by atomic mass is 9.89. The lowest BCUT2D eigenvalue weighted by Crippen LogP contribution is -2.50. The maximum Gasteiger partial charge on any atom is 0.407 e. The number of amides is 1. The number of carbonyl (C=O) groups is 1. The minimum atomic E-state index is -1.29. The Hall–Kier alpha value is -1.67. The van der Waals surface area contributed by atoms with Gasteiger partial charge in [-0.25, -0.2) is 18.1 Å².